The van der Waals surface area contributed by atoms with Gasteiger partial charge in [-0.3, -0.25) is 14.4 Å². The summed E-state index contributed by atoms with van der Waals surface area (Å²) < 4.78 is 19.3. The fraction of sp³-hybridized carbons (Fsp3) is 0.438. The van der Waals surface area contributed by atoms with E-state index in [0.29, 0.717) is 22.4 Å². The van der Waals surface area contributed by atoms with Gasteiger partial charge < -0.3 is 18.9 Å². The van der Waals surface area contributed by atoms with Gasteiger partial charge >= 0.3 is 17.9 Å². The van der Waals surface area contributed by atoms with E-state index in [0.717, 1.165) is 0 Å². The molecule has 0 aliphatic heterocycles. The predicted octanol–water partition coefficient (Wildman–Crippen LogP) is 0.842. The van der Waals surface area contributed by atoms with Crippen molar-refractivity contribution in [2.24, 2.45) is 0 Å². The monoisotopic (exact) mass is 324 g/mol. The Balaban J connectivity index is 3.30. The Bertz CT molecular complexity index is 553. The molecule has 0 radical (unpaired) electrons. The second-order valence-corrected chi connectivity index (χ2v) is 4.71. The summed E-state index contributed by atoms with van der Waals surface area (Å²) in [4.78, 5) is 34.6. The van der Waals surface area contributed by atoms with Crippen molar-refractivity contribution in [2.45, 2.75) is 19.3 Å². The van der Waals surface area contributed by atoms with E-state index in [2.05, 4.69) is 14.2 Å². The summed E-state index contributed by atoms with van der Waals surface area (Å²) in [5, 5.41) is 0. The van der Waals surface area contributed by atoms with Crippen molar-refractivity contribution in [2.75, 3.05) is 28.4 Å². The molecule has 0 saturated carbocycles. The lowest BCUT2D eigenvalue weighted by atomic mass is 9.98. The van der Waals surface area contributed by atoms with Crippen LogP contribution in [0.4, 0.5) is 0 Å². The lowest BCUT2D eigenvalue weighted by Crippen LogP contribution is -2.12. The fourth-order valence-corrected chi connectivity index (χ4v) is 2.15. The molecule has 0 aliphatic carbocycles. The zero-order valence-electron chi connectivity index (χ0n) is 13.6. The molecular formula is C16H20O7. The average Bonchev–Trinajstić information content (AvgIpc) is 2.54. The van der Waals surface area contributed by atoms with Crippen LogP contribution in [0.5, 0.6) is 5.75 Å². The first kappa shape index (κ1) is 18.5. The molecule has 0 amide bonds. The number of carbonyl (C=O) groups excluding carboxylic acids is 3. The van der Waals surface area contributed by atoms with Gasteiger partial charge in [-0.25, -0.2) is 0 Å². The number of benzene rings is 1. The van der Waals surface area contributed by atoms with Crippen molar-refractivity contribution in [3.63, 3.8) is 0 Å². The maximum atomic E-state index is 11.6. The van der Waals surface area contributed by atoms with E-state index in [1.54, 1.807) is 12.1 Å². The summed E-state index contributed by atoms with van der Waals surface area (Å²) in [5.41, 5.74) is 1.66. The Morgan fingerprint density at radius 2 is 1.13 bits per heavy atom. The first-order valence-electron chi connectivity index (χ1n) is 6.84. The average molecular weight is 324 g/mol. The highest BCUT2D eigenvalue weighted by atomic mass is 16.5. The third-order valence-electron chi connectivity index (χ3n) is 3.21. The Labute approximate surface area is 134 Å². The number of ether oxygens (including phenoxy) is 4. The van der Waals surface area contributed by atoms with Gasteiger partial charge in [-0.2, -0.15) is 0 Å². The van der Waals surface area contributed by atoms with E-state index < -0.39 is 17.9 Å². The van der Waals surface area contributed by atoms with Crippen molar-refractivity contribution in [3.05, 3.63) is 28.8 Å². The third-order valence-corrected chi connectivity index (χ3v) is 3.21. The number of carbonyl (C=O) groups is 3. The number of rotatable bonds is 7. The van der Waals surface area contributed by atoms with E-state index in [-0.39, 0.29) is 19.3 Å². The van der Waals surface area contributed by atoms with Crippen LogP contribution in [0.2, 0.25) is 0 Å². The quantitative estimate of drug-likeness (QED) is 0.542. The summed E-state index contributed by atoms with van der Waals surface area (Å²) in [5.74, 6) is -0.942. The summed E-state index contributed by atoms with van der Waals surface area (Å²) >= 11 is 0. The van der Waals surface area contributed by atoms with E-state index in [9.17, 15) is 14.4 Å². The van der Waals surface area contributed by atoms with Crippen LogP contribution in [0, 0.1) is 0 Å². The molecule has 1 rings (SSSR count). The molecule has 1 aromatic carbocycles. The third kappa shape index (κ3) is 5.28. The van der Waals surface area contributed by atoms with Crippen LogP contribution in [-0.4, -0.2) is 46.3 Å². The normalized spacial score (nSPS) is 9.91. The van der Waals surface area contributed by atoms with Gasteiger partial charge in [0.2, 0.25) is 0 Å². The predicted molar refractivity (Wildman–Crippen MR) is 80.2 cm³/mol. The maximum Gasteiger partial charge on any atom is 0.310 e. The van der Waals surface area contributed by atoms with Gasteiger partial charge in [0.25, 0.3) is 0 Å². The molecule has 126 valence electrons. The zero-order chi connectivity index (χ0) is 17.4. The van der Waals surface area contributed by atoms with Gasteiger partial charge in [0.15, 0.2) is 0 Å². The molecule has 0 heterocycles. The SMILES string of the molecule is COC(=O)Cc1cc(CC(=O)OC)c(OC)c(CC(=O)OC)c1. The molecule has 0 aromatic heterocycles. The van der Waals surface area contributed by atoms with Crippen LogP contribution in [0.25, 0.3) is 0 Å². The van der Waals surface area contributed by atoms with Crippen molar-refractivity contribution < 1.29 is 33.3 Å². The van der Waals surface area contributed by atoms with E-state index in [4.69, 9.17) is 4.74 Å². The van der Waals surface area contributed by atoms with Crippen LogP contribution in [-0.2, 0) is 47.9 Å². The number of hydrogen-bond donors (Lipinski definition) is 0. The molecule has 0 atom stereocenters. The van der Waals surface area contributed by atoms with Crippen LogP contribution in [0.3, 0.4) is 0 Å². The highest BCUT2D eigenvalue weighted by molar-refractivity contribution is 5.78. The molecule has 0 bridgehead atoms. The summed E-state index contributed by atoms with van der Waals surface area (Å²) in [6.07, 6.45) is -0.0610. The van der Waals surface area contributed by atoms with Crippen molar-refractivity contribution in [1.82, 2.24) is 0 Å². The summed E-state index contributed by atoms with van der Waals surface area (Å²) in [7, 11) is 5.29. The largest absolute Gasteiger partial charge is 0.496 e. The fourth-order valence-electron chi connectivity index (χ4n) is 2.15. The molecule has 0 unspecified atom stereocenters. The van der Waals surface area contributed by atoms with Crippen LogP contribution in [0.1, 0.15) is 16.7 Å². The molecule has 0 spiro atoms. The highest BCUT2D eigenvalue weighted by Crippen LogP contribution is 2.28. The lowest BCUT2D eigenvalue weighted by molar-refractivity contribution is -0.140. The molecule has 7 heteroatoms. The Kier molecular flexibility index (Phi) is 7.05. The van der Waals surface area contributed by atoms with Crippen LogP contribution >= 0.6 is 0 Å². The van der Waals surface area contributed by atoms with E-state index >= 15 is 0 Å². The van der Waals surface area contributed by atoms with Gasteiger partial charge in [-0.15, -0.1) is 0 Å². The number of esters is 3. The Morgan fingerprint density at radius 1 is 0.739 bits per heavy atom. The first-order valence-corrected chi connectivity index (χ1v) is 6.84. The molecule has 23 heavy (non-hydrogen) atoms. The van der Waals surface area contributed by atoms with Gasteiger partial charge in [0.1, 0.15) is 5.75 Å². The first-order chi connectivity index (χ1) is 10.9. The molecule has 1 aromatic rings. The standard InChI is InChI=1S/C16H20O7/c1-20-13(17)7-10-5-11(8-14(18)21-2)16(23-4)12(6-10)9-15(19)22-3/h5-6H,7-9H2,1-4H3. The van der Waals surface area contributed by atoms with Gasteiger partial charge in [-0.1, -0.05) is 12.1 Å². The van der Waals surface area contributed by atoms with Crippen molar-refractivity contribution in [3.8, 4) is 5.75 Å². The van der Waals surface area contributed by atoms with Gasteiger partial charge in [0, 0.05) is 11.1 Å². The number of hydrogen-bond acceptors (Lipinski definition) is 7. The van der Waals surface area contributed by atoms with Gasteiger partial charge in [0.05, 0.1) is 47.7 Å². The maximum absolute atomic E-state index is 11.6. The second kappa shape index (κ2) is 8.77. The molecule has 0 saturated heterocycles. The van der Waals surface area contributed by atoms with Crippen molar-refractivity contribution >= 4 is 17.9 Å². The molecule has 7 nitrogen and oxygen atoms in total. The van der Waals surface area contributed by atoms with Crippen LogP contribution < -0.4 is 4.74 Å². The Morgan fingerprint density at radius 3 is 1.48 bits per heavy atom. The Hall–Kier alpha value is -2.57. The summed E-state index contributed by atoms with van der Waals surface area (Å²) in [6.45, 7) is 0. The highest BCUT2D eigenvalue weighted by Gasteiger charge is 2.18. The van der Waals surface area contributed by atoms with E-state index in [1.807, 2.05) is 0 Å². The van der Waals surface area contributed by atoms with Gasteiger partial charge in [-0.05, 0) is 5.56 Å². The van der Waals surface area contributed by atoms with Crippen molar-refractivity contribution in [1.29, 1.82) is 0 Å². The summed E-state index contributed by atoms with van der Waals surface area (Å²) in [6, 6.07) is 3.32. The molecule has 0 N–H and O–H groups in total. The topological polar surface area (TPSA) is 88.1 Å². The minimum Gasteiger partial charge on any atom is -0.496 e. The molecule has 0 aliphatic rings. The van der Waals surface area contributed by atoms with E-state index in [1.165, 1.54) is 28.4 Å². The zero-order valence-corrected chi connectivity index (χ0v) is 13.6. The molecule has 0 fully saturated rings. The van der Waals surface area contributed by atoms with Crippen LogP contribution in [0.15, 0.2) is 12.1 Å². The molecular weight excluding hydrogens is 304 g/mol. The number of methoxy groups -OCH3 is 4. The minimum absolute atomic E-state index is 0.0167. The smallest absolute Gasteiger partial charge is 0.310 e. The second-order valence-electron chi connectivity index (χ2n) is 4.71. The lowest BCUT2D eigenvalue weighted by Gasteiger charge is -2.15. The minimum atomic E-state index is -0.456.